The van der Waals surface area contributed by atoms with Crippen LogP contribution in [0.5, 0.6) is 5.75 Å². The molecule has 414 valence electrons. The standard InChI is InChI=1S/C62H75N5O9S2/c1-8-36-64(37-9-2)48-27-31-53-52(43-48)61(4,5)55(66(53)39-17-41-77(70,71)72)32-25-45-18-16-19-46(60(45)76-49-20-12-10-13-21-49)26-33-56-62(6,7)59-51-29-28-50(78(73,74)75)42-47(51)24-30-54(59)67(56)38-15-11-14-22-57(68)63-35-40-65-44(3)23-34-58(65)69/h10,12-13,20-21,23-34,42-43H,3,8-9,11,14-19,22,35-41H2,1-2,4-7H3,(H2-,63,68,70,71,72,73,74,75)/p+1. The minimum atomic E-state index is -4.43. The lowest BCUT2D eigenvalue weighted by Crippen LogP contribution is -2.34. The minimum Gasteiger partial charge on any atom is -0.457 e. The van der Waals surface area contributed by atoms with E-state index in [1.165, 1.54) is 18.2 Å². The smallest absolute Gasteiger partial charge is 0.294 e. The van der Waals surface area contributed by atoms with Crippen molar-refractivity contribution in [3.05, 3.63) is 161 Å². The zero-order chi connectivity index (χ0) is 56.0. The van der Waals surface area contributed by atoms with E-state index in [1.54, 1.807) is 17.0 Å². The second-order valence-corrected chi connectivity index (χ2v) is 24.8. The number of rotatable bonds is 24. The van der Waals surface area contributed by atoms with Crippen LogP contribution in [0.3, 0.4) is 0 Å². The van der Waals surface area contributed by atoms with Crippen LogP contribution in [0, 0.1) is 0 Å². The summed E-state index contributed by atoms with van der Waals surface area (Å²) in [6.45, 7) is 20.7. The van der Waals surface area contributed by atoms with Gasteiger partial charge in [0.1, 0.15) is 18.1 Å². The Morgan fingerprint density at radius 1 is 0.833 bits per heavy atom. The fourth-order valence-electron chi connectivity index (χ4n) is 11.6. The van der Waals surface area contributed by atoms with Gasteiger partial charge in [-0.3, -0.25) is 18.7 Å². The summed E-state index contributed by atoms with van der Waals surface area (Å²) in [6.07, 6.45) is 19.1. The molecule has 0 saturated heterocycles. The summed E-state index contributed by atoms with van der Waals surface area (Å²) in [4.78, 5) is 31.0. The maximum Gasteiger partial charge on any atom is 0.294 e. The number of ether oxygens (including phenoxy) is 1. The molecule has 0 aromatic heterocycles. The van der Waals surface area contributed by atoms with Crippen molar-refractivity contribution in [2.75, 3.05) is 54.8 Å². The van der Waals surface area contributed by atoms with Gasteiger partial charge in [0.25, 0.3) is 26.1 Å². The Balaban J connectivity index is 1.14. The molecule has 1 aliphatic carbocycles. The number of anilines is 2. The summed E-state index contributed by atoms with van der Waals surface area (Å²) in [5.74, 6) is 0.913. The first-order chi connectivity index (χ1) is 37.1. The molecule has 0 fully saturated rings. The second-order valence-electron chi connectivity index (χ2n) is 21.8. The number of nitrogens with zero attached hydrogens (tertiary/aromatic N) is 4. The SMILES string of the molecule is C=C1C=CC(=O)N1CCNC(=O)CCCCC[N+]1=C(C=CC2=C(Oc3ccccc3)C(=CC=C3N(CCCS(=O)(=O)O)c4ccc(N(CCC)CCC)cc4C3(C)C)CCC2)C(C)(C)c2c1ccc1cc(S(=O)(=O)O)ccc21. The molecule has 3 heterocycles. The molecule has 0 atom stereocenters. The summed E-state index contributed by atoms with van der Waals surface area (Å²) < 4.78 is 77.5. The van der Waals surface area contributed by atoms with E-state index >= 15 is 0 Å². The quantitative estimate of drug-likeness (QED) is 0.0346. The van der Waals surface area contributed by atoms with Gasteiger partial charge in [0.05, 0.1) is 16.1 Å². The van der Waals surface area contributed by atoms with Gasteiger partial charge in [-0.25, -0.2) is 0 Å². The first-order valence-corrected chi connectivity index (χ1v) is 30.5. The van der Waals surface area contributed by atoms with Crippen LogP contribution < -0.4 is 19.9 Å². The van der Waals surface area contributed by atoms with Crippen molar-refractivity contribution in [2.24, 2.45) is 0 Å². The van der Waals surface area contributed by atoms with Crippen molar-refractivity contribution >= 4 is 65.6 Å². The third-order valence-corrected chi connectivity index (χ3v) is 17.1. The van der Waals surface area contributed by atoms with E-state index in [4.69, 9.17) is 4.74 Å². The van der Waals surface area contributed by atoms with E-state index in [-0.39, 0.29) is 28.9 Å². The fourth-order valence-corrected chi connectivity index (χ4v) is 12.6. The molecule has 8 rings (SSSR count). The average Bonchev–Trinajstić information content (AvgIpc) is 4.15. The molecule has 0 bridgehead atoms. The number of allylic oxidation sites excluding steroid dienone is 8. The van der Waals surface area contributed by atoms with Crippen molar-refractivity contribution in [1.29, 1.82) is 0 Å². The fraction of sp³-hybridized carbons (Fsp3) is 0.403. The van der Waals surface area contributed by atoms with Gasteiger partial charge < -0.3 is 24.8 Å². The molecular weight excluding hydrogens is 1020 g/mol. The van der Waals surface area contributed by atoms with E-state index in [0.29, 0.717) is 55.9 Å². The summed E-state index contributed by atoms with van der Waals surface area (Å²) >= 11 is 0. The van der Waals surface area contributed by atoms with E-state index < -0.39 is 31.1 Å². The molecule has 0 unspecified atom stereocenters. The van der Waals surface area contributed by atoms with Gasteiger partial charge in [-0.1, -0.05) is 64.6 Å². The number of carbonyl (C=O) groups is 2. The van der Waals surface area contributed by atoms with E-state index in [0.717, 1.165) is 120 Å². The van der Waals surface area contributed by atoms with Crippen molar-refractivity contribution < 1.29 is 44.8 Å². The molecule has 16 heteroatoms. The van der Waals surface area contributed by atoms with Crippen LogP contribution in [0.4, 0.5) is 17.1 Å². The largest absolute Gasteiger partial charge is 0.457 e. The summed E-state index contributed by atoms with van der Waals surface area (Å²) in [7, 11) is -8.60. The molecular formula is C62H76N5O9S2+. The third-order valence-electron chi connectivity index (χ3n) is 15.4. The van der Waals surface area contributed by atoms with Crippen molar-refractivity contribution in [2.45, 2.75) is 121 Å². The predicted octanol–water partition coefficient (Wildman–Crippen LogP) is 11.6. The number of amides is 2. The van der Waals surface area contributed by atoms with Crippen LogP contribution in [0.15, 0.2) is 155 Å². The van der Waals surface area contributed by atoms with Crippen LogP contribution >= 0.6 is 0 Å². The predicted molar refractivity (Wildman–Crippen MR) is 312 cm³/mol. The highest BCUT2D eigenvalue weighted by atomic mass is 32.2. The summed E-state index contributed by atoms with van der Waals surface area (Å²) in [5, 5.41) is 4.52. The Hall–Kier alpha value is -6.59. The molecule has 3 N–H and O–H groups in total. The average molecular weight is 1100 g/mol. The molecule has 0 radical (unpaired) electrons. The van der Waals surface area contributed by atoms with Crippen LogP contribution in [0.2, 0.25) is 0 Å². The molecule has 4 aliphatic rings. The molecule has 2 amide bonds. The Morgan fingerprint density at radius 3 is 2.28 bits per heavy atom. The highest BCUT2D eigenvalue weighted by Crippen LogP contribution is 2.50. The monoisotopic (exact) mass is 1100 g/mol. The third kappa shape index (κ3) is 12.9. The molecule has 14 nitrogen and oxygen atoms in total. The summed E-state index contributed by atoms with van der Waals surface area (Å²) in [5.41, 5.74) is 9.08. The number of benzene rings is 4. The number of hydrogen-bond acceptors (Lipinski definition) is 9. The molecule has 0 spiro atoms. The lowest BCUT2D eigenvalue weighted by Gasteiger charge is -2.27. The minimum absolute atomic E-state index is 0.0713. The van der Waals surface area contributed by atoms with Crippen molar-refractivity contribution in [3.8, 4) is 5.75 Å². The Kier molecular flexibility index (Phi) is 17.9. The highest BCUT2D eigenvalue weighted by Gasteiger charge is 2.46. The van der Waals surface area contributed by atoms with Crippen LogP contribution in [0.1, 0.15) is 117 Å². The van der Waals surface area contributed by atoms with Gasteiger partial charge in [-0.05, 0) is 159 Å². The molecule has 3 aliphatic heterocycles. The zero-order valence-electron chi connectivity index (χ0n) is 46.1. The Bertz CT molecular complexity index is 3360. The van der Waals surface area contributed by atoms with Gasteiger partial charge in [-0.2, -0.15) is 21.4 Å². The van der Waals surface area contributed by atoms with Gasteiger partial charge in [0.15, 0.2) is 5.71 Å². The first kappa shape index (κ1) is 57.6. The number of para-hydroxylation sites is 1. The molecule has 0 saturated carbocycles. The van der Waals surface area contributed by atoms with E-state index in [9.17, 15) is 35.5 Å². The van der Waals surface area contributed by atoms with Crippen LogP contribution in [-0.4, -0.2) is 98.0 Å². The number of carbonyl (C=O) groups excluding carboxylic acids is 2. The maximum absolute atomic E-state index is 12.9. The Labute approximate surface area is 461 Å². The summed E-state index contributed by atoms with van der Waals surface area (Å²) in [6, 6.07) is 25.0. The number of hydrogen-bond donors (Lipinski definition) is 3. The van der Waals surface area contributed by atoms with Crippen LogP contribution in [0.25, 0.3) is 10.8 Å². The molecule has 78 heavy (non-hydrogen) atoms. The van der Waals surface area contributed by atoms with Gasteiger partial charge >= 0.3 is 0 Å². The lowest BCUT2D eigenvalue weighted by atomic mass is 9.78. The zero-order valence-corrected chi connectivity index (χ0v) is 47.7. The second kappa shape index (κ2) is 24.2. The van der Waals surface area contributed by atoms with Gasteiger partial charge in [0.2, 0.25) is 11.6 Å². The highest BCUT2D eigenvalue weighted by molar-refractivity contribution is 7.86. The van der Waals surface area contributed by atoms with E-state index in [2.05, 4.69) is 110 Å². The molecule has 4 aromatic carbocycles. The van der Waals surface area contributed by atoms with E-state index in [1.807, 2.05) is 42.5 Å². The van der Waals surface area contributed by atoms with Gasteiger partial charge in [0, 0.05) is 97.5 Å². The molecule has 4 aromatic rings. The topological polar surface area (TPSA) is 177 Å². The Morgan fingerprint density at radius 2 is 1.59 bits per heavy atom. The van der Waals surface area contributed by atoms with Crippen molar-refractivity contribution in [1.82, 2.24) is 10.2 Å². The number of fused-ring (bicyclic) bond motifs is 4. The van der Waals surface area contributed by atoms with Crippen molar-refractivity contribution in [3.63, 3.8) is 0 Å². The normalized spacial score (nSPS) is 18.1. The number of nitrogens with one attached hydrogen (secondary N) is 1. The first-order valence-electron chi connectivity index (χ1n) is 27.4. The van der Waals surface area contributed by atoms with Gasteiger partial charge in [-0.15, -0.1) is 0 Å². The number of unbranched alkanes of at least 4 members (excludes halogenated alkanes) is 2. The van der Waals surface area contributed by atoms with Crippen LogP contribution in [-0.2, 0) is 40.7 Å². The maximum atomic E-state index is 12.9. The lowest BCUT2D eigenvalue weighted by molar-refractivity contribution is -0.438.